The normalized spacial score (nSPS) is 20.0. The quantitative estimate of drug-likeness (QED) is 0.153. The number of aliphatic hydroxyl groups is 2. The van der Waals surface area contributed by atoms with Gasteiger partial charge in [-0.15, -0.1) is 0 Å². The van der Waals surface area contributed by atoms with E-state index in [9.17, 15) is 19.8 Å². The first-order valence-corrected chi connectivity index (χ1v) is 18.4. The van der Waals surface area contributed by atoms with Crippen LogP contribution in [0, 0.1) is 13.8 Å². The molecule has 0 spiro atoms. The largest absolute Gasteiger partial charge is 0.393 e. The van der Waals surface area contributed by atoms with Crippen molar-refractivity contribution in [3.8, 4) is 33.6 Å². The summed E-state index contributed by atoms with van der Waals surface area (Å²) in [5.41, 5.74) is 5.99. The maximum atomic E-state index is 13.6. The number of benzene rings is 2. The first-order valence-electron chi connectivity index (χ1n) is 17.7. The molecule has 2 aliphatic carbocycles. The highest BCUT2D eigenvalue weighted by atomic mass is 35.5. The number of hydrogen-bond acceptors (Lipinski definition) is 8. The second-order valence-corrected chi connectivity index (χ2v) is 14.8. The lowest BCUT2D eigenvalue weighted by Crippen LogP contribution is -2.45. The molecule has 2 aliphatic rings. The molecule has 0 amide bonds. The lowest BCUT2D eigenvalue weighted by atomic mass is 9.89. The van der Waals surface area contributed by atoms with E-state index in [2.05, 4.69) is 10.6 Å². The molecule has 4 N–H and O–H groups in total. The van der Waals surface area contributed by atoms with E-state index < -0.39 is 0 Å². The molecule has 0 radical (unpaired) electrons. The third kappa shape index (κ3) is 6.37. The van der Waals surface area contributed by atoms with Crippen molar-refractivity contribution in [2.45, 2.75) is 76.9 Å². The summed E-state index contributed by atoms with van der Waals surface area (Å²) in [6.45, 7) is 6.04. The molecule has 12 nitrogen and oxygen atoms in total. The number of hydrogen-bond donors (Lipinski definition) is 4. The van der Waals surface area contributed by atoms with E-state index in [0.29, 0.717) is 80.9 Å². The van der Waals surface area contributed by atoms with Gasteiger partial charge in [0.1, 0.15) is 11.0 Å². The SMILES string of the molecule is Cc1cn2nc(-c3cccc(-c4cccc(-c5cc6c(=O)n(CCN[C@H]7C[C@@H](O)C7)c(C)cn6n5)c4Cl)c3Cl)cc2c(=O)n1CCN[C@H]1C[C@@H](O)C1. The fourth-order valence-electron chi connectivity index (χ4n) is 7.36. The van der Waals surface area contributed by atoms with Gasteiger partial charge in [0.15, 0.2) is 0 Å². The lowest BCUT2D eigenvalue weighted by molar-refractivity contribution is 0.0620. The van der Waals surface area contributed by atoms with Gasteiger partial charge in [-0.05, 0) is 51.7 Å². The molecular weight excluding hydrogens is 703 g/mol. The van der Waals surface area contributed by atoms with E-state index >= 15 is 0 Å². The molecule has 8 rings (SSSR count). The highest BCUT2D eigenvalue weighted by Gasteiger charge is 2.27. The molecule has 6 aromatic rings. The van der Waals surface area contributed by atoms with E-state index in [0.717, 1.165) is 37.1 Å². The van der Waals surface area contributed by atoms with Crippen molar-refractivity contribution >= 4 is 34.2 Å². The Morgan fingerprint density at radius 1 is 0.673 bits per heavy atom. The Morgan fingerprint density at radius 2 is 1.06 bits per heavy atom. The summed E-state index contributed by atoms with van der Waals surface area (Å²) in [4.78, 5) is 27.1. The Labute approximate surface area is 309 Å². The summed E-state index contributed by atoms with van der Waals surface area (Å²) in [6.07, 6.45) is 6.18. The zero-order valence-corrected chi connectivity index (χ0v) is 30.4. The van der Waals surface area contributed by atoms with Crippen LogP contribution in [-0.4, -0.2) is 76.0 Å². The van der Waals surface area contributed by atoms with Crippen LogP contribution >= 0.6 is 23.2 Å². The Hall–Kier alpha value is -4.30. The molecular formula is C38H40Cl2N8O4. The third-order valence-electron chi connectivity index (χ3n) is 10.5. The van der Waals surface area contributed by atoms with Crippen molar-refractivity contribution in [1.82, 2.24) is 39.0 Å². The van der Waals surface area contributed by atoms with Crippen molar-refractivity contribution < 1.29 is 10.2 Å². The summed E-state index contributed by atoms with van der Waals surface area (Å²) in [5.74, 6) is 0. The monoisotopic (exact) mass is 742 g/mol. The first-order chi connectivity index (χ1) is 25.0. The smallest absolute Gasteiger partial charge is 0.276 e. The first kappa shape index (κ1) is 34.8. The molecule has 0 unspecified atom stereocenters. The average molecular weight is 744 g/mol. The van der Waals surface area contributed by atoms with Gasteiger partial charge in [-0.2, -0.15) is 10.2 Å². The summed E-state index contributed by atoms with van der Waals surface area (Å²) in [7, 11) is 0. The summed E-state index contributed by atoms with van der Waals surface area (Å²) >= 11 is 14.2. The lowest BCUT2D eigenvalue weighted by Gasteiger charge is -2.32. The van der Waals surface area contributed by atoms with Gasteiger partial charge in [0.25, 0.3) is 11.1 Å². The van der Waals surface area contributed by atoms with Crippen LogP contribution in [0.5, 0.6) is 0 Å². The van der Waals surface area contributed by atoms with E-state index in [1.165, 1.54) is 0 Å². The topological polar surface area (TPSA) is 143 Å². The second-order valence-electron chi connectivity index (χ2n) is 14.1. The fourth-order valence-corrected chi connectivity index (χ4v) is 8.01. The number of nitrogens with zero attached hydrogens (tertiary/aromatic N) is 6. The van der Waals surface area contributed by atoms with Gasteiger partial charge in [-0.3, -0.25) is 9.59 Å². The fraction of sp³-hybridized carbons (Fsp3) is 0.368. The molecule has 0 saturated heterocycles. The van der Waals surface area contributed by atoms with E-state index in [-0.39, 0.29) is 35.4 Å². The highest BCUT2D eigenvalue weighted by molar-refractivity contribution is 6.39. The van der Waals surface area contributed by atoms with Crippen molar-refractivity contribution in [2.24, 2.45) is 0 Å². The van der Waals surface area contributed by atoms with Crippen LogP contribution in [0.25, 0.3) is 44.7 Å². The zero-order chi connectivity index (χ0) is 36.3. The highest BCUT2D eigenvalue weighted by Crippen LogP contribution is 2.42. The maximum absolute atomic E-state index is 13.6. The summed E-state index contributed by atoms with van der Waals surface area (Å²) < 4.78 is 6.68. The van der Waals surface area contributed by atoms with Crippen LogP contribution in [0.4, 0.5) is 0 Å². The Bertz CT molecular complexity index is 2270. The minimum atomic E-state index is -0.232. The summed E-state index contributed by atoms with van der Waals surface area (Å²) in [6, 6.07) is 15.4. The van der Waals surface area contributed by atoms with E-state index in [1.54, 1.807) is 30.3 Å². The number of nitrogens with one attached hydrogen (secondary N) is 2. The Balaban J connectivity index is 1.07. The number of fused-ring (bicyclic) bond motifs is 2. The maximum Gasteiger partial charge on any atom is 0.276 e. The minimum Gasteiger partial charge on any atom is -0.393 e. The molecule has 52 heavy (non-hydrogen) atoms. The van der Waals surface area contributed by atoms with Crippen LogP contribution in [0.2, 0.25) is 10.0 Å². The number of aryl methyl sites for hydroxylation is 2. The molecule has 0 bridgehead atoms. The van der Waals surface area contributed by atoms with Gasteiger partial charge in [-0.1, -0.05) is 59.6 Å². The zero-order valence-electron chi connectivity index (χ0n) is 28.9. The van der Waals surface area contributed by atoms with E-state index in [4.69, 9.17) is 33.4 Å². The molecule has 0 atom stereocenters. The van der Waals surface area contributed by atoms with Gasteiger partial charge in [0.05, 0.1) is 33.6 Å². The van der Waals surface area contributed by atoms with Gasteiger partial charge < -0.3 is 30.0 Å². The van der Waals surface area contributed by atoms with Crippen molar-refractivity contribution in [3.05, 3.63) is 103 Å². The van der Waals surface area contributed by atoms with Crippen LogP contribution in [0.1, 0.15) is 37.1 Å². The summed E-state index contributed by atoms with van der Waals surface area (Å²) in [5, 5.41) is 36.3. The molecule has 4 aromatic heterocycles. The minimum absolute atomic E-state index is 0.141. The van der Waals surface area contributed by atoms with Crippen LogP contribution in [0.15, 0.2) is 70.5 Å². The van der Waals surface area contributed by atoms with E-state index in [1.807, 2.05) is 62.6 Å². The molecule has 0 aliphatic heterocycles. The number of aromatic nitrogens is 6. The number of rotatable bonds is 11. The van der Waals surface area contributed by atoms with Gasteiger partial charge >= 0.3 is 0 Å². The van der Waals surface area contributed by atoms with Crippen LogP contribution in [-0.2, 0) is 13.1 Å². The van der Waals surface area contributed by atoms with Gasteiger partial charge in [0.2, 0.25) is 0 Å². The van der Waals surface area contributed by atoms with Crippen LogP contribution in [0.3, 0.4) is 0 Å². The molecule has 4 heterocycles. The molecule has 2 saturated carbocycles. The van der Waals surface area contributed by atoms with Crippen molar-refractivity contribution in [1.29, 1.82) is 0 Å². The average Bonchev–Trinajstić information content (AvgIpc) is 3.71. The van der Waals surface area contributed by atoms with Crippen molar-refractivity contribution in [3.63, 3.8) is 0 Å². The number of halogens is 2. The predicted molar refractivity (Wildman–Crippen MR) is 202 cm³/mol. The standard InChI is InChI=1S/C38H40Cl2N8O4/c1-21-19-47-33(37(51)45(21)11-9-41-23-13-25(49)14-23)17-31(43-47)29-7-3-5-27(35(29)39)28-6-4-8-30(36(28)40)32-18-34-38(52)46(22(2)20-48(34)44-32)12-10-42-24-15-26(50)16-24/h3-8,17-20,23-26,41-42,49-50H,9-16H2,1-2H3/t23-,24-,25+,26+. The molecule has 2 fully saturated rings. The van der Waals surface area contributed by atoms with Gasteiger partial charge in [0, 0.05) is 84.3 Å². The Kier molecular flexibility index (Phi) is 9.31. The van der Waals surface area contributed by atoms with Gasteiger partial charge in [-0.25, -0.2) is 9.03 Å². The predicted octanol–water partition coefficient (Wildman–Crippen LogP) is 4.46. The number of aliphatic hydroxyl groups excluding tert-OH is 2. The third-order valence-corrected chi connectivity index (χ3v) is 11.3. The molecule has 2 aromatic carbocycles. The molecule has 270 valence electrons. The second kappa shape index (κ2) is 13.9. The Morgan fingerprint density at radius 3 is 1.44 bits per heavy atom. The molecule has 14 heteroatoms. The van der Waals surface area contributed by atoms with Crippen LogP contribution < -0.4 is 21.8 Å². The van der Waals surface area contributed by atoms with Crippen molar-refractivity contribution in [2.75, 3.05) is 13.1 Å².